The van der Waals surface area contributed by atoms with Gasteiger partial charge in [-0.25, -0.2) is 0 Å². The zero-order chi connectivity index (χ0) is 13.0. The van der Waals surface area contributed by atoms with Crippen molar-refractivity contribution < 1.29 is 4.21 Å². The van der Waals surface area contributed by atoms with E-state index in [9.17, 15) is 4.21 Å². The van der Waals surface area contributed by atoms with Crippen LogP contribution in [0.2, 0.25) is 0 Å². The number of nitrogens with one attached hydrogen (secondary N) is 1. The number of benzene rings is 1. The minimum absolute atomic E-state index is 0.644. The molecule has 0 aromatic heterocycles. The van der Waals surface area contributed by atoms with Crippen LogP contribution in [0, 0.1) is 6.92 Å². The normalized spacial score (nSPS) is 24.6. The second-order valence-corrected chi connectivity index (χ2v) is 6.92. The zero-order valence-electron chi connectivity index (χ0n) is 11.3. The molecule has 1 aliphatic carbocycles. The average molecular weight is 265 g/mol. The van der Waals surface area contributed by atoms with Gasteiger partial charge in [0.05, 0.1) is 0 Å². The van der Waals surface area contributed by atoms with Crippen molar-refractivity contribution >= 4 is 10.8 Å². The largest absolute Gasteiger partial charge is 0.314 e. The van der Waals surface area contributed by atoms with Crippen LogP contribution in [-0.4, -0.2) is 28.8 Å². The third-order valence-corrected chi connectivity index (χ3v) is 4.56. The fourth-order valence-corrected chi connectivity index (χ4v) is 3.11. The van der Waals surface area contributed by atoms with Crippen LogP contribution in [0.3, 0.4) is 0 Å². The average Bonchev–Trinajstić information content (AvgIpc) is 2.25. The van der Waals surface area contributed by atoms with Gasteiger partial charge in [-0.15, -0.1) is 0 Å². The Bertz CT molecular complexity index is 413. The summed E-state index contributed by atoms with van der Waals surface area (Å²) in [4.78, 5) is 0. The molecule has 0 amide bonds. The molecule has 1 aromatic rings. The Morgan fingerprint density at radius 3 is 2.83 bits per heavy atom. The molecule has 0 saturated heterocycles. The lowest BCUT2D eigenvalue weighted by Gasteiger charge is -2.36. The summed E-state index contributed by atoms with van der Waals surface area (Å²) < 4.78 is 10.9. The molecule has 3 heteroatoms. The molecule has 1 N–H and O–H groups in total. The van der Waals surface area contributed by atoms with Crippen LogP contribution in [0.5, 0.6) is 0 Å². The first-order valence-corrected chi connectivity index (χ1v) is 8.48. The van der Waals surface area contributed by atoms with Crippen LogP contribution < -0.4 is 5.32 Å². The summed E-state index contributed by atoms with van der Waals surface area (Å²) in [6.45, 7) is 3.16. The molecule has 1 unspecified atom stereocenters. The van der Waals surface area contributed by atoms with Crippen molar-refractivity contribution in [1.29, 1.82) is 0 Å². The van der Waals surface area contributed by atoms with E-state index in [-0.39, 0.29) is 0 Å². The Balaban J connectivity index is 1.66. The van der Waals surface area contributed by atoms with Gasteiger partial charge in [-0.2, -0.15) is 0 Å². The summed E-state index contributed by atoms with van der Waals surface area (Å²) in [5.74, 6) is 1.56. The van der Waals surface area contributed by atoms with Gasteiger partial charge in [0.1, 0.15) is 0 Å². The van der Waals surface area contributed by atoms with E-state index in [0.717, 1.165) is 24.6 Å². The van der Waals surface area contributed by atoms with Crippen molar-refractivity contribution in [1.82, 2.24) is 5.32 Å². The highest BCUT2D eigenvalue weighted by atomic mass is 32.2. The first kappa shape index (κ1) is 13.8. The zero-order valence-corrected chi connectivity index (χ0v) is 12.1. The Labute approximate surface area is 113 Å². The molecule has 1 atom stereocenters. The fraction of sp³-hybridized carbons (Fsp3) is 0.600. The molecule has 0 spiro atoms. The lowest BCUT2D eigenvalue weighted by molar-refractivity contribution is 0.292. The van der Waals surface area contributed by atoms with E-state index in [4.69, 9.17) is 0 Å². The molecule has 2 nitrogen and oxygen atoms in total. The molecule has 0 aliphatic heterocycles. The third kappa shape index (κ3) is 3.92. The highest BCUT2D eigenvalue weighted by Gasteiger charge is 2.29. The molecule has 1 saturated carbocycles. The van der Waals surface area contributed by atoms with E-state index >= 15 is 0 Å². The second-order valence-electron chi connectivity index (χ2n) is 5.36. The van der Waals surface area contributed by atoms with E-state index in [1.165, 1.54) is 24.0 Å². The quantitative estimate of drug-likeness (QED) is 0.801. The second kappa shape index (κ2) is 6.48. The maximum Gasteiger partial charge on any atom is 0.0244 e. The highest BCUT2D eigenvalue weighted by molar-refractivity contribution is 7.84. The van der Waals surface area contributed by atoms with Gasteiger partial charge in [-0.05, 0) is 44.2 Å². The lowest BCUT2D eigenvalue weighted by atomic mass is 9.75. The smallest absolute Gasteiger partial charge is 0.0244 e. The van der Waals surface area contributed by atoms with Gasteiger partial charge < -0.3 is 5.32 Å². The summed E-state index contributed by atoms with van der Waals surface area (Å²) in [5, 5.41) is 3.55. The highest BCUT2D eigenvalue weighted by Crippen LogP contribution is 2.36. The maximum atomic E-state index is 10.9. The monoisotopic (exact) mass is 265 g/mol. The molecular formula is C15H23NOS. The molecule has 2 rings (SSSR count). The molecule has 1 aliphatic rings. The minimum atomic E-state index is -0.644. The molecular weight excluding hydrogens is 242 g/mol. The van der Waals surface area contributed by atoms with E-state index in [2.05, 4.69) is 36.5 Å². The van der Waals surface area contributed by atoms with Crippen molar-refractivity contribution in [2.24, 2.45) is 0 Å². The van der Waals surface area contributed by atoms with Gasteiger partial charge in [0.2, 0.25) is 0 Å². The van der Waals surface area contributed by atoms with Gasteiger partial charge in [-0.1, -0.05) is 29.8 Å². The van der Waals surface area contributed by atoms with Crippen molar-refractivity contribution in [3.8, 4) is 0 Å². The summed E-state index contributed by atoms with van der Waals surface area (Å²) in [7, 11) is -0.644. The topological polar surface area (TPSA) is 29.1 Å². The SMILES string of the molecule is Cc1cccc(C2CC(NCCCS(C)=O)C2)c1. The van der Waals surface area contributed by atoms with E-state index in [0.29, 0.717) is 6.04 Å². The molecule has 1 fully saturated rings. The minimum Gasteiger partial charge on any atom is -0.314 e. The molecule has 1 aromatic carbocycles. The lowest BCUT2D eigenvalue weighted by Crippen LogP contribution is -2.40. The Hall–Kier alpha value is -0.670. The van der Waals surface area contributed by atoms with E-state index in [1.54, 1.807) is 6.26 Å². The molecule has 100 valence electrons. The first-order valence-electron chi connectivity index (χ1n) is 6.75. The number of rotatable bonds is 6. The Morgan fingerprint density at radius 1 is 1.39 bits per heavy atom. The fourth-order valence-electron chi connectivity index (χ4n) is 2.56. The van der Waals surface area contributed by atoms with Crippen molar-refractivity contribution in [2.45, 2.75) is 38.1 Å². The van der Waals surface area contributed by atoms with Crippen molar-refractivity contribution in [3.05, 3.63) is 35.4 Å². The molecule has 0 heterocycles. The van der Waals surface area contributed by atoms with Crippen molar-refractivity contribution in [2.75, 3.05) is 18.6 Å². The standard InChI is InChI=1S/C15H23NOS/c1-12-5-3-6-13(9-12)14-10-15(11-14)16-7-4-8-18(2)17/h3,5-6,9,14-16H,4,7-8,10-11H2,1-2H3. The van der Waals surface area contributed by atoms with Crippen molar-refractivity contribution in [3.63, 3.8) is 0 Å². The predicted molar refractivity (Wildman–Crippen MR) is 78.5 cm³/mol. The van der Waals surface area contributed by atoms with Crippen LogP contribution in [0.1, 0.15) is 36.3 Å². The van der Waals surface area contributed by atoms with Crippen LogP contribution in [0.4, 0.5) is 0 Å². The van der Waals surface area contributed by atoms with Crippen LogP contribution in [0.25, 0.3) is 0 Å². The summed E-state index contributed by atoms with van der Waals surface area (Å²) in [6.07, 6.45) is 5.29. The summed E-state index contributed by atoms with van der Waals surface area (Å²) in [5.41, 5.74) is 2.84. The molecule has 0 radical (unpaired) electrons. The van der Waals surface area contributed by atoms with Gasteiger partial charge in [-0.3, -0.25) is 4.21 Å². The van der Waals surface area contributed by atoms with Gasteiger partial charge >= 0.3 is 0 Å². The van der Waals surface area contributed by atoms with Crippen LogP contribution >= 0.6 is 0 Å². The Morgan fingerprint density at radius 2 is 2.17 bits per heavy atom. The van der Waals surface area contributed by atoms with Gasteiger partial charge in [0.15, 0.2) is 0 Å². The summed E-state index contributed by atoms with van der Waals surface area (Å²) in [6, 6.07) is 9.53. The number of hydrogen-bond donors (Lipinski definition) is 1. The molecule has 18 heavy (non-hydrogen) atoms. The molecule has 0 bridgehead atoms. The Kier molecular flexibility index (Phi) is 4.95. The van der Waals surface area contributed by atoms with Crippen LogP contribution in [0.15, 0.2) is 24.3 Å². The number of hydrogen-bond acceptors (Lipinski definition) is 2. The first-order chi connectivity index (χ1) is 8.65. The van der Waals surface area contributed by atoms with Crippen LogP contribution in [-0.2, 0) is 10.8 Å². The third-order valence-electron chi connectivity index (χ3n) is 3.69. The maximum absolute atomic E-state index is 10.9. The number of aryl methyl sites for hydroxylation is 1. The van der Waals surface area contributed by atoms with Gasteiger partial charge in [0.25, 0.3) is 0 Å². The predicted octanol–water partition coefficient (Wildman–Crippen LogP) is 2.60. The van der Waals surface area contributed by atoms with E-state index < -0.39 is 10.8 Å². The van der Waals surface area contributed by atoms with E-state index in [1.807, 2.05) is 0 Å². The van der Waals surface area contributed by atoms with Gasteiger partial charge in [0, 0.05) is 28.9 Å². The summed E-state index contributed by atoms with van der Waals surface area (Å²) >= 11 is 0.